The Balaban J connectivity index is 3.69. The molecule has 96 valence electrons. The van der Waals surface area contributed by atoms with Crippen LogP contribution < -0.4 is 0 Å². The summed E-state index contributed by atoms with van der Waals surface area (Å²) in [7, 11) is 0. The van der Waals surface area contributed by atoms with Crippen molar-refractivity contribution in [2.24, 2.45) is 0 Å². The number of rotatable bonds is 5. The van der Waals surface area contributed by atoms with Gasteiger partial charge in [0.1, 0.15) is 0 Å². The molecule has 0 aliphatic rings. The molecule has 1 unspecified atom stereocenters. The molecule has 0 heterocycles. The second-order valence-corrected chi connectivity index (χ2v) is 4.71. The van der Waals surface area contributed by atoms with E-state index in [0.29, 0.717) is 12.8 Å². The van der Waals surface area contributed by atoms with Gasteiger partial charge in [-0.2, -0.15) is 0 Å². The monoisotopic (exact) mass is 236 g/mol. The molecular formula is C15H24O2. The van der Waals surface area contributed by atoms with E-state index in [9.17, 15) is 10.2 Å². The molecule has 0 saturated heterocycles. The molecule has 1 atom stereocenters. The van der Waals surface area contributed by atoms with Crippen molar-refractivity contribution in [3.63, 3.8) is 0 Å². The molecule has 0 rings (SSSR count). The summed E-state index contributed by atoms with van der Waals surface area (Å²) in [6, 6.07) is 0. The first-order valence-corrected chi connectivity index (χ1v) is 6.30. The van der Waals surface area contributed by atoms with Crippen molar-refractivity contribution in [3.8, 4) is 23.7 Å². The molecule has 0 amide bonds. The molecule has 2 nitrogen and oxygen atoms in total. The molecule has 0 aromatic carbocycles. The van der Waals surface area contributed by atoms with Crippen molar-refractivity contribution in [2.75, 3.05) is 0 Å². The van der Waals surface area contributed by atoms with Crippen molar-refractivity contribution >= 4 is 0 Å². The highest BCUT2D eigenvalue weighted by molar-refractivity contribution is 5.12. The Bertz CT molecular complexity index is 304. The summed E-state index contributed by atoms with van der Waals surface area (Å²) in [4.78, 5) is 0. The van der Waals surface area contributed by atoms with E-state index in [1.165, 1.54) is 12.8 Å². The van der Waals surface area contributed by atoms with Crippen LogP contribution in [0.2, 0.25) is 0 Å². The number of aliphatic hydroxyl groups is 2. The first-order chi connectivity index (χ1) is 7.98. The first-order valence-electron chi connectivity index (χ1n) is 6.30. The van der Waals surface area contributed by atoms with Crippen molar-refractivity contribution in [1.29, 1.82) is 0 Å². The van der Waals surface area contributed by atoms with Crippen LogP contribution in [0.25, 0.3) is 0 Å². The van der Waals surface area contributed by atoms with Gasteiger partial charge in [0.05, 0.1) is 18.1 Å². The highest BCUT2D eigenvalue weighted by Gasteiger charge is 2.22. The molecule has 0 spiro atoms. The Morgan fingerprint density at radius 3 is 2.29 bits per heavy atom. The van der Waals surface area contributed by atoms with E-state index in [4.69, 9.17) is 0 Å². The van der Waals surface area contributed by atoms with Gasteiger partial charge in [0.2, 0.25) is 0 Å². The van der Waals surface area contributed by atoms with Gasteiger partial charge >= 0.3 is 0 Å². The molecule has 0 fully saturated rings. The fourth-order valence-corrected chi connectivity index (χ4v) is 1.14. The van der Waals surface area contributed by atoms with Gasteiger partial charge in [-0.1, -0.05) is 37.5 Å². The van der Waals surface area contributed by atoms with Crippen LogP contribution in [-0.2, 0) is 0 Å². The van der Waals surface area contributed by atoms with Crippen LogP contribution in [0.3, 0.4) is 0 Å². The Hall–Kier alpha value is -0.960. The molecular weight excluding hydrogens is 212 g/mol. The van der Waals surface area contributed by atoms with Crippen LogP contribution in [0.5, 0.6) is 0 Å². The highest BCUT2D eigenvalue weighted by Crippen LogP contribution is 2.10. The minimum absolute atomic E-state index is 0.293. The quantitative estimate of drug-likeness (QED) is 0.569. The lowest BCUT2D eigenvalue weighted by molar-refractivity contribution is -0.0446. The lowest BCUT2D eigenvalue weighted by atomic mass is 9.99. The maximum absolute atomic E-state index is 9.50. The molecule has 0 bridgehead atoms. The summed E-state index contributed by atoms with van der Waals surface area (Å²) in [6.07, 6.45) is 4.60. The SMILES string of the molecule is CCCCCC#CCC#CCC(O)C(C)(C)O. The fourth-order valence-electron chi connectivity index (χ4n) is 1.14. The van der Waals surface area contributed by atoms with E-state index in [0.717, 1.165) is 12.8 Å². The maximum atomic E-state index is 9.50. The van der Waals surface area contributed by atoms with Crippen molar-refractivity contribution in [2.45, 2.75) is 71.0 Å². The fraction of sp³-hybridized carbons (Fsp3) is 0.733. The Labute approximate surface area is 105 Å². The predicted molar refractivity (Wildman–Crippen MR) is 71.2 cm³/mol. The average Bonchev–Trinajstić information content (AvgIpc) is 2.25. The van der Waals surface area contributed by atoms with Gasteiger partial charge in [-0.05, 0) is 20.3 Å². The van der Waals surface area contributed by atoms with Crippen LogP contribution in [-0.4, -0.2) is 21.9 Å². The molecule has 0 aliphatic heterocycles. The molecule has 2 heteroatoms. The lowest BCUT2D eigenvalue weighted by Crippen LogP contribution is -2.35. The predicted octanol–water partition coefficient (Wildman–Crippen LogP) is 2.49. The van der Waals surface area contributed by atoms with Crippen LogP contribution >= 0.6 is 0 Å². The van der Waals surface area contributed by atoms with Crippen molar-refractivity contribution < 1.29 is 10.2 Å². The first kappa shape index (κ1) is 16.0. The number of aliphatic hydroxyl groups excluding tert-OH is 1. The zero-order valence-electron chi connectivity index (χ0n) is 11.2. The van der Waals surface area contributed by atoms with E-state index >= 15 is 0 Å². The van der Waals surface area contributed by atoms with Gasteiger partial charge in [-0.3, -0.25) is 0 Å². The summed E-state index contributed by atoms with van der Waals surface area (Å²) >= 11 is 0. The van der Waals surface area contributed by atoms with E-state index < -0.39 is 11.7 Å². The molecule has 0 radical (unpaired) electrons. The second kappa shape index (κ2) is 9.11. The zero-order chi connectivity index (χ0) is 13.1. The zero-order valence-corrected chi connectivity index (χ0v) is 11.2. The van der Waals surface area contributed by atoms with E-state index in [1.54, 1.807) is 13.8 Å². The standard InChI is InChI=1S/C15H24O2/c1-4-5-6-7-8-9-10-11-12-13-14(16)15(2,3)17/h14,16-17H,4-7,10,13H2,1-3H3. The topological polar surface area (TPSA) is 40.5 Å². The van der Waals surface area contributed by atoms with Gasteiger partial charge in [0, 0.05) is 12.8 Å². The normalized spacial score (nSPS) is 12.1. The van der Waals surface area contributed by atoms with E-state index in [-0.39, 0.29) is 0 Å². The summed E-state index contributed by atoms with van der Waals surface area (Å²) in [5, 5.41) is 19.0. The van der Waals surface area contributed by atoms with Crippen molar-refractivity contribution in [3.05, 3.63) is 0 Å². The lowest BCUT2D eigenvalue weighted by Gasteiger charge is -2.22. The summed E-state index contributed by atoms with van der Waals surface area (Å²) < 4.78 is 0. The van der Waals surface area contributed by atoms with Crippen LogP contribution in [0.15, 0.2) is 0 Å². The van der Waals surface area contributed by atoms with Crippen molar-refractivity contribution in [1.82, 2.24) is 0 Å². The smallest absolute Gasteiger partial charge is 0.0930 e. The Morgan fingerprint density at radius 2 is 1.71 bits per heavy atom. The van der Waals surface area contributed by atoms with Gasteiger partial charge in [0.15, 0.2) is 0 Å². The maximum Gasteiger partial charge on any atom is 0.0930 e. The Kier molecular flexibility index (Phi) is 8.60. The summed E-state index contributed by atoms with van der Waals surface area (Å²) in [6.45, 7) is 5.33. The summed E-state index contributed by atoms with van der Waals surface area (Å²) in [5.74, 6) is 11.8. The highest BCUT2D eigenvalue weighted by atomic mass is 16.3. The van der Waals surface area contributed by atoms with E-state index in [2.05, 4.69) is 30.6 Å². The number of hydrogen-bond donors (Lipinski definition) is 2. The molecule has 0 aromatic heterocycles. The minimum Gasteiger partial charge on any atom is -0.389 e. The molecule has 0 aliphatic carbocycles. The third-order valence-corrected chi connectivity index (χ3v) is 2.44. The third-order valence-electron chi connectivity index (χ3n) is 2.44. The van der Waals surface area contributed by atoms with Gasteiger partial charge in [0.25, 0.3) is 0 Å². The van der Waals surface area contributed by atoms with E-state index in [1.807, 2.05) is 0 Å². The third kappa shape index (κ3) is 9.94. The van der Waals surface area contributed by atoms with Gasteiger partial charge in [-0.25, -0.2) is 0 Å². The van der Waals surface area contributed by atoms with Crippen LogP contribution in [0.4, 0.5) is 0 Å². The second-order valence-electron chi connectivity index (χ2n) is 4.71. The van der Waals surface area contributed by atoms with Gasteiger partial charge < -0.3 is 10.2 Å². The Morgan fingerprint density at radius 1 is 1.06 bits per heavy atom. The average molecular weight is 236 g/mol. The van der Waals surface area contributed by atoms with Gasteiger partial charge in [-0.15, -0.1) is 5.92 Å². The number of hydrogen-bond acceptors (Lipinski definition) is 2. The molecule has 17 heavy (non-hydrogen) atoms. The molecule has 0 saturated carbocycles. The minimum atomic E-state index is -1.08. The summed E-state index contributed by atoms with van der Waals surface area (Å²) in [5.41, 5.74) is -1.08. The van der Waals surface area contributed by atoms with Crippen LogP contribution in [0.1, 0.15) is 59.3 Å². The largest absolute Gasteiger partial charge is 0.389 e. The molecule has 0 aromatic rings. The number of unbranched alkanes of at least 4 members (excludes halogenated alkanes) is 3. The molecule has 2 N–H and O–H groups in total. The van der Waals surface area contributed by atoms with Crippen LogP contribution in [0, 0.1) is 23.7 Å².